The quantitative estimate of drug-likeness (QED) is 0.850. The minimum absolute atomic E-state index is 0.145. The Morgan fingerprint density at radius 1 is 1.35 bits per heavy atom. The number of halogens is 1. The van der Waals surface area contributed by atoms with Gasteiger partial charge in [0, 0.05) is 11.9 Å². The molecule has 0 aliphatic heterocycles. The number of hydrogen-bond donors (Lipinski definition) is 1. The first kappa shape index (κ1) is 13.4. The second-order valence-electron chi connectivity index (χ2n) is 5.35. The molecular weight excluding hydrogens is 272 g/mol. The van der Waals surface area contributed by atoms with Crippen LogP contribution in [-0.4, -0.2) is 17.4 Å². The van der Waals surface area contributed by atoms with Gasteiger partial charge in [-0.05, 0) is 30.9 Å². The van der Waals surface area contributed by atoms with Gasteiger partial charge in [-0.15, -0.1) is 0 Å². The fraction of sp³-hybridized carbons (Fsp3) is 0.375. The molecule has 3 rings (SSSR count). The van der Waals surface area contributed by atoms with E-state index in [4.69, 9.17) is 11.6 Å². The molecule has 0 saturated heterocycles. The number of benzene rings is 1. The molecule has 3 nitrogen and oxygen atoms in total. The summed E-state index contributed by atoms with van der Waals surface area (Å²) in [6, 6.07) is 9.21. The number of nitrogens with zero attached hydrogens (tertiary/aromatic N) is 1. The number of rotatable bonds is 5. The lowest BCUT2D eigenvalue weighted by Gasteiger charge is -2.06. The van der Waals surface area contributed by atoms with Crippen LogP contribution in [-0.2, 0) is 0 Å². The van der Waals surface area contributed by atoms with Crippen LogP contribution in [0, 0.1) is 5.92 Å². The summed E-state index contributed by atoms with van der Waals surface area (Å²) >= 11 is 6.20. The second-order valence-corrected chi connectivity index (χ2v) is 5.76. The van der Waals surface area contributed by atoms with Crippen molar-refractivity contribution in [3.8, 4) is 0 Å². The molecule has 1 aromatic carbocycles. The number of aromatic nitrogens is 1. The van der Waals surface area contributed by atoms with Gasteiger partial charge in [-0.25, -0.2) is 4.98 Å². The number of para-hydroxylation sites is 1. The van der Waals surface area contributed by atoms with Gasteiger partial charge in [0.1, 0.15) is 5.69 Å². The molecule has 0 atom stereocenters. The van der Waals surface area contributed by atoms with Crippen LogP contribution >= 0.6 is 11.6 Å². The number of fused-ring (bicyclic) bond motifs is 1. The van der Waals surface area contributed by atoms with Crippen molar-refractivity contribution in [3.05, 3.63) is 41.0 Å². The SMILES string of the molecule is O=C(NCCCC1CC1)c1cc(Cl)c2ccccc2n1. The maximum atomic E-state index is 12.1. The molecule has 1 aliphatic carbocycles. The van der Waals surface area contributed by atoms with Crippen molar-refractivity contribution in [2.24, 2.45) is 5.92 Å². The monoisotopic (exact) mass is 288 g/mol. The normalized spacial score (nSPS) is 14.4. The van der Waals surface area contributed by atoms with E-state index in [0.29, 0.717) is 17.3 Å². The lowest BCUT2D eigenvalue weighted by atomic mass is 10.2. The average Bonchev–Trinajstić information content (AvgIpc) is 3.27. The maximum Gasteiger partial charge on any atom is 0.269 e. The van der Waals surface area contributed by atoms with Crippen LogP contribution in [0.5, 0.6) is 0 Å². The fourth-order valence-corrected chi connectivity index (χ4v) is 2.60. The zero-order chi connectivity index (χ0) is 13.9. The Hall–Kier alpha value is -1.61. The first-order chi connectivity index (χ1) is 9.74. The van der Waals surface area contributed by atoms with E-state index in [0.717, 1.165) is 23.2 Å². The Morgan fingerprint density at radius 3 is 2.95 bits per heavy atom. The molecule has 1 aliphatic rings. The molecule has 1 saturated carbocycles. The lowest BCUT2D eigenvalue weighted by Crippen LogP contribution is -2.25. The zero-order valence-electron chi connectivity index (χ0n) is 11.2. The van der Waals surface area contributed by atoms with E-state index in [1.165, 1.54) is 19.3 Å². The molecule has 1 fully saturated rings. The summed E-state index contributed by atoms with van der Waals surface area (Å²) in [5.74, 6) is 0.758. The highest BCUT2D eigenvalue weighted by Crippen LogP contribution is 2.33. The highest BCUT2D eigenvalue weighted by atomic mass is 35.5. The summed E-state index contributed by atoms with van der Waals surface area (Å²) < 4.78 is 0. The first-order valence-electron chi connectivity index (χ1n) is 7.07. The Morgan fingerprint density at radius 2 is 2.15 bits per heavy atom. The summed E-state index contributed by atoms with van der Waals surface area (Å²) in [7, 11) is 0. The van der Waals surface area contributed by atoms with Crippen molar-refractivity contribution in [3.63, 3.8) is 0 Å². The third kappa shape index (κ3) is 3.10. The van der Waals surface area contributed by atoms with E-state index < -0.39 is 0 Å². The molecule has 0 unspecified atom stereocenters. The highest BCUT2D eigenvalue weighted by molar-refractivity contribution is 6.35. The van der Waals surface area contributed by atoms with Crippen LogP contribution < -0.4 is 5.32 Å². The number of carbonyl (C=O) groups is 1. The van der Waals surface area contributed by atoms with Gasteiger partial charge in [0.05, 0.1) is 10.5 Å². The first-order valence-corrected chi connectivity index (χ1v) is 7.45. The van der Waals surface area contributed by atoms with Gasteiger partial charge in [0.15, 0.2) is 0 Å². The predicted octanol–water partition coefficient (Wildman–Crippen LogP) is 3.81. The van der Waals surface area contributed by atoms with Crippen molar-refractivity contribution in [2.75, 3.05) is 6.54 Å². The van der Waals surface area contributed by atoms with Crippen LogP contribution in [0.15, 0.2) is 30.3 Å². The van der Waals surface area contributed by atoms with E-state index >= 15 is 0 Å². The van der Waals surface area contributed by atoms with E-state index in [1.807, 2.05) is 24.3 Å². The summed E-state index contributed by atoms with van der Waals surface area (Å²) in [5, 5.41) is 4.36. The molecule has 4 heteroatoms. The molecule has 0 bridgehead atoms. The molecule has 20 heavy (non-hydrogen) atoms. The fourth-order valence-electron chi connectivity index (χ4n) is 2.34. The number of amides is 1. The van der Waals surface area contributed by atoms with Crippen LogP contribution in [0.3, 0.4) is 0 Å². The standard InChI is InChI=1S/C16H17ClN2O/c17-13-10-15(19-14-6-2-1-5-12(13)14)16(20)18-9-3-4-11-7-8-11/h1-2,5-6,10-11H,3-4,7-9H2,(H,18,20). The Labute approximate surface area is 123 Å². The zero-order valence-corrected chi connectivity index (χ0v) is 12.0. The van der Waals surface area contributed by atoms with Crippen LogP contribution in [0.2, 0.25) is 5.02 Å². The smallest absolute Gasteiger partial charge is 0.269 e. The summed E-state index contributed by atoms with van der Waals surface area (Å²) in [4.78, 5) is 16.4. The minimum Gasteiger partial charge on any atom is -0.351 e. The van der Waals surface area contributed by atoms with Crippen molar-refractivity contribution >= 4 is 28.4 Å². The Bertz CT molecular complexity index is 637. The predicted molar refractivity (Wildman–Crippen MR) is 81.0 cm³/mol. The van der Waals surface area contributed by atoms with Gasteiger partial charge in [-0.1, -0.05) is 42.6 Å². The molecular formula is C16H17ClN2O. The van der Waals surface area contributed by atoms with E-state index in [9.17, 15) is 4.79 Å². The van der Waals surface area contributed by atoms with Crippen LogP contribution in [0.4, 0.5) is 0 Å². The number of carbonyl (C=O) groups excluding carboxylic acids is 1. The molecule has 1 amide bonds. The molecule has 0 radical (unpaired) electrons. The van der Waals surface area contributed by atoms with Crippen molar-refractivity contribution in [1.29, 1.82) is 0 Å². The maximum absolute atomic E-state index is 12.1. The van der Waals surface area contributed by atoms with Gasteiger partial charge >= 0.3 is 0 Å². The van der Waals surface area contributed by atoms with Crippen LogP contribution in [0.1, 0.15) is 36.2 Å². The topological polar surface area (TPSA) is 42.0 Å². The summed E-state index contributed by atoms with van der Waals surface area (Å²) in [6.07, 6.45) is 4.97. The third-order valence-electron chi connectivity index (χ3n) is 3.67. The third-order valence-corrected chi connectivity index (χ3v) is 3.98. The van der Waals surface area contributed by atoms with Crippen molar-refractivity contribution < 1.29 is 4.79 Å². The minimum atomic E-state index is -0.145. The van der Waals surface area contributed by atoms with E-state index in [-0.39, 0.29) is 5.91 Å². The van der Waals surface area contributed by atoms with Crippen molar-refractivity contribution in [1.82, 2.24) is 10.3 Å². The largest absolute Gasteiger partial charge is 0.351 e. The van der Waals surface area contributed by atoms with Gasteiger partial charge in [0.25, 0.3) is 5.91 Å². The average molecular weight is 289 g/mol. The molecule has 2 aromatic rings. The second kappa shape index (κ2) is 5.80. The molecule has 1 N–H and O–H groups in total. The Balaban J connectivity index is 1.67. The summed E-state index contributed by atoms with van der Waals surface area (Å²) in [6.45, 7) is 0.710. The van der Waals surface area contributed by atoms with Gasteiger partial charge in [-0.3, -0.25) is 4.79 Å². The van der Waals surface area contributed by atoms with Crippen LogP contribution in [0.25, 0.3) is 10.9 Å². The van der Waals surface area contributed by atoms with Gasteiger partial charge in [0.2, 0.25) is 0 Å². The lowest BCUT2D eigenvalue weighted by molar-refractivity contribution is 0.0948. The number of pyridine rings is 1. The highest BCUT2D eigenvalue weighted by Gasteiger charge is 2.20. The Kier molecular flexibility index (Phi) is 3.88. The molecule has 1 heterocycles. The molecule has 104 valence electrons. The number of hydrogen-bond acceptors (Lipinski definition) is 2. The van der Waals surface area contributed by atoms with Gasteiger partial charge < -0.3 is 5.32 Å². The molecule has 0 spiro atoms. The van der Waals surface area contributed by atoms with Crippen molar-refractivity contribution in [2.45, 2.75) is 25.7 Å². The van der Waals surface area contributed by atoms with Gasteiger partial charge in [-0.2, -0.15) is 0 Å². The molecule has 1 aromatic heterocycles. The summed E-state index contributed by atoms with van der Waals surface area (Å²) in [5.41, 5.74) is 1.14. The number of nitrogens with one attached hydrogen (secondary N) is 1. The van der Waals surface area contributed by atoms with E-state index in [2.05, 4.69) is 10.3 Å². The van der Waals surface area contributed by atoms with E-state index in [1.54, 1.807) is 6.07 Å².